The van der Waals surface area contributed by atoms with Crippen LogP contribution in [0.3, 0.4) is 0 Å². The van der Waals surface area contributed by atoms with Gasteiger partial charge in [-0.05, 0) is 48.6 Å². The number of nitrogens with one attached hydrogen (secondary N) is 2. The summed E-state index contributed by atoms with van der Waals surface area (Å²) < 4.78 is 5.49. The molecule has 1 unspecified atom stereocenters. The third-order valence-corrected chi connectivity index (χ3v) is 6.92. The highest BCUT2D eigenvalue weighted by Crippen LogP contribution is 2.38. The van der Waals surface area contributed by atoms with Crippen molar-refractivity contribution in [3.63, 3.8) is 0 Å². The van der Waals surface area contributed by atoms with Gasteiger partial charge in [0, 0.05) is 38.3 Å². The lowest BCUT2D eigenvalue weighted by Crippen LogP contribution is -2.45. The minimum absolute atomic E-state index is 0.0331. The first kappa shape index (κ1) is 22.6. The zero-order valence-electron chi connectivity index (χ0n) is 19.4. The lowest BCUT2D eigenvalue weighted by atomic mass is 9.98. The number of hydrogen-bond acceptors (Lipinski definition) is 5. The second kappa shape index (κ2) is 9.56. The van der Waals surface area contributed by atoms with Gasteiger partial charge in [-0.1, -0.05) is 29.8 Å². The predicted octanol–water partition coefficient (Wildman–Crippen LogP) is 1.96. The molecule has 178 valence electrons. The number of hydrogen-bond donors (Lipinski definition) is 2. The Morgan fingerprint density at radius 3 is 2.41 bits per heavy atom. The van der Waals surface area contributed by atoms with E-state index in [1.165, 1.54) is 5.56 Å². The molecular formula is C26H30N4O4. The Balaban J connectivity index is 1.25. The van der Waals surface area contributed by atoms with E-state index in [-0.39, 0.29) is 11.9 Å². The minimum atomic E-state index is -0.682. The normalized spacial score (nSPS) is 18.4. The van der Waals surface area contributed by atoms with Crippen molar-refractivity contribution < 1.29 is 19.1 Å². The van der Waals surface area contributed by atoms with Gasteiger partial charge in [0.2, 0.25) is 5.91 Å². The molecule has 3 heterocycles. The molecule has 8 nitrogen and oxygen atoms in total. The van der Waals surface area contributed by atoms with E-state index >= 15 is 0 Å². The Labute approximate surface area is 199 Å². The van der Waals surface area contributed by atoms with Crippen LogP contribution >= 0.6 is 0 Å². The number of carbonyl (C=O) groups is 3. The van der Waals surface area contributed by atoms with Crippen LogP contribution in [0.1, 0.15) is 34.7 Å². The Kier molecular flexibility index (Phi) is 6.34. The zero-order valence-corrected chi connectivity index (χ0v) is 19.4. The molecule has 2 N–H and O–H groups in total. The number of rotatable bonds is 5. The number of carbonyl (C=O) groups excluding carboxylic acids is 3. The molecule has 1 fully saturated rings. The van der Waals surface area contributed by atoms with E-state index < -0.39 is 11.8 Å². The smallest absolute Gasteiger partial charge is 0.313 e. The molecule has 2 aromatic carbocycles. The first-order valence-electron chi connectivity index (χ1n) is 11.9. The van der Waals surface area contributed by atoms with Gasteiger partial charge >= 0.3 is 11.8 Å². The molecule has 0 aliphatic carbocycles. The van der Waals surface area contributed by atoms with Crippen molar-refractivity contribution in [2.75, 3.05) is 49.6 Å². The van der Waals surface area contributed by atoms with Crippen LogP contribution < -0.4 is 15.5 Å². The van der Waals surface area contributed by atoms with E-state index in [0.717, 1.165) is 41.9 Å². The molecule has 0 bridgehead atoms. The Bertz CT molecular complexity index is 1110. The number of amides is 3. The van der Waals surface area contributed by atoms with Gasteiger partial charge in [-0.25, -0.2) is 0 Å². The van der Waals surface area contributed by atoms with Crippen LogP contribution in [0.4, 0.5) is 11.4 Å². The van der Waals surface area contributed by atoms with E-state index in [2.05, 4.69) is 39.8 Å². The van der Waals surface area contributed by atoms with Gasteiger partial charge in [-0.15, -0.1) is 0 Å². The summed E-state index contributed by atoms with van der Waals surface area (Å²) in [7, 11) is 0. The van der Waals surface area contributed by atoms with Crippen molar-refractivity contribution in [2.24, 2.45) is 0 Å². The van der Waals surface area contributed by atoms with Crippen molar-refractivity contribution >= 4 is 29.1 Å². The van der Waals surface area contributed by atoms with Crippen molar-refractivity contribution in [1.29, 1.82) is 0 Å². The molecule has 0 aromatic heterocycles. The summed E-state index contributed by atoms with van der Waals surface area (Å²) in [6, 6.07) is 12.0. The largest absolute Gasteiger partial charge is 0.379 e. The van der Waals surface area contributed by atoms with Crippen molar-refractivity contribution in [3.05, 3.63) is 58.7 Å². The van der Waals surface area contributed by atoms with Crippen molar-refractivity contribution in [1.82, 2.24) is 10.2 Å². The maximum absolute atomic E-state index is 12.7. The summed E-state index contributed by atoms with van der Waals surface area (Å²) in [4.78, 5) is 41.6. The lowest BCUT2D eigenvalue weighted by molar-refractivity contribution is -0.136. The van der Waals surface area contributed by atoms with E-state index in [1.54, 1.807) is 0 Å². The van der Waals surface area contributed by atoms with Gasteiger partial charge in [-0.3, -0.25) is 19.3 Å². The van der Waals surface area contributed by atoms with E-state index in [4.69, 9.17) is 4.74 Å². The van der Waals surface area contributed by atoms with Gasteiger partial charge in [0.25, 0.3) is 0 Å². The molecule has 8 heteroatoms. The zero-order chi connectivity index (χ0) is 23.7. The first-order chi connectivity index (χ1) is 16.5. The summed E-state index contributed by atoms with van der Waals surface area (Å²) in [6.07, 6.45) is 1.90. The van der Waals surface area contributed by atoms with Crippen LogP contribution in [0, 0.1) is 6.92 Å². The van der Waals surface area contributed by atoms with Crippen molar-refractivity contribution in [3.8, 4) is 0 Å². The number of benzene rings is 2. The number of ether oxygens (including phenoxy) is 1. The Hall–Kier alpha value is -3.23. The maximum atomic E-state index is 12.7. The minimum Gasteiger partial charge on any atom is -0.379 e. The number of anilines is 2. The number of aryl methyl sites for hydroxylation is 2. The fourth-order valence-corrected chi connectivity index (χ4v) is 5.12. The summed E-state index contributed by atoms with van der Waals surface area (Å²) in [5.74, 6) is -1.18. The molecule has 3 aliphatic heterocycles. The molecule has 2 aromatic rings. The summed E-state index contributed by atoms with van der Waals surface area (Å²) >= 11 is 0. The van der Waals surface area contributed by atoms with Crippen LogP contribution in [0.2, 0.25) is 0 Å². The molecule has 0 spiro atoms. The standard InChI is InChI=1S/C26H30N4O4/c1-17-2-4-18(5-3-17)22(29-10-12-34-13-11-29)16-27-25(32)26(33)28-21-14-19-6-7-23(31)30-9-8-20(15-21)24(19)30/h2-5,14-15,22H,6-13,16H2,1H3,(H,27,32)(H,28,33). The van der Waals surface area contributed by atoms with E-state index in [9.17, 15) is 14.4 Å². The third-order valence-electron chi connectivity index (χ3n) is 6.92. The number of nitrogens with zero attached hydrogens (tertiary/aromatic N) is 2. The molecule has 0 saturated carbocycles. The van der Waals surface area contributed by atoms with E-state index in [0.29, 0.717) is 44.8 Å². The summed E-state index contributed by atoms with van der Waals surface area (Å²) in [5, 5.41) is 5.59. The molecule has 1 atom stereocenters. The molecule has 5 rings (SSSR count). The van der Waals surface area contributed by atoms with Gasteiger partial charge in [0.15, 0.2) is 0 Å². The molecule has 0 radical (unpaired) electrons. The highest BCUT2D eigenvalue weighted by atomic mass is 16.5. The Morgan fingerprint density at radius 2 is 1.68 bits per heavy atom. The topological polar surface area (TPSA) is 91.0 Å². The average Bonchev–Trinajstić information content (AvgIpc) is 3.28. The quantitative estimate of drug-likeness (QED) is 0.663. The first-order valence-corrected chi connectivity index (χ1v) is 11.9. The third kappa shape index (κ3) is 4.56. The fourth-order valence-electron chi connectivity index (χ4n) is 5.12. The second-order valence-corrected chi connectivity index (χ2v) is 9.18. The summed E-state index contributed by atoms with van der Waals surface area (Å²) in [5.41, 5.74) is 5.97. The second-order valence-electron chi connectivity index (χ2n) is 9.18. The Morgan fingerprint density at radius 1 is 0.971 bits per heavy atom. The van der Waals surface area contributed by atoms with Crippen LogP contribution in [0.25, 0.3) is 0 Å². The highest BCUT2D eigenvalue weighted by molar-refractivity contribution is 6.39. The fraction of sp³-hybridized carbons (Fsp3) is 0.423. The van der Waals surface area contributed by atoms with Crippen LogP contribution in [-0.2, 0) is 32.0 Å². The maximum Gasteiger partial charge on any atom is 0.313 e. The van der Waals surface area contributed by atoms with Gasteiger partial charge in [0.05, 0.1) is 24.9 Å². The van der Waals surface area contributed by atoms with Crippen LogP contribution in [0.15, 0.2) is 36.4 Å². The average molecular weight is 463 g/mol. The SMILES string of the molecule is Cc1ccc(C(CNC(=O)C(=O)Nc2cc3c4c(c2)CCN4C(=O)CC3)N2CCOCC2)cc1. The molecule has 1 saturated heterocycles. The molecular weight excluding hydrogens is 432 g/mol. The van der Waals surface area contributed by atoms with Gasteiger partial charge in [0.1, 0.15) is 0 Å². The van der Waals surface area contributed by atoms with Crippen molar-refractivity contribution in [2.45, 2.75) is 32.2 Å². The van der Waals surface area contributed by atoms with Gasteiger partial charge in [-0.2, -0.15) is 0 Å². The highest BCUT2D eigenvalue weighted by Gasteiger charge is 2.32. The molecule has 3 aliphatic rings. The van der Waals surface area contributed by atoms with Crippen LogP contribution in [-0.4, -0.2) is 62.0 Å². The number of morpholine rings is 1. The van der Waals surface area contributed by atoms with Crippen LogP contribution in [0.5, 0.6) is 0 Å². The summed E-state index contributed by atoms with van der Waals surface area (Å²) in [6.45, 7) is 5.92. The lowest BCUT2D eigenvalue weighted by Gasteiger charge is -2.35. The molecule has 3 amide bonds. The molecule has 34 heavy (non-hydrogen) atoms. The monoisotopic (exact) mass is 462 g/mol. The van der Waals surface area contributed by atoms with E-state index in [1.807, 2.05) is 24.0 Å². The predicted molar refractivity (Wildman–Crippen MR) is 129 cm³/mol. The van der Waals surface area contributed by atoms with Gasteiger partial charge < -0.3 is 20.3 Å².